The summed E-state index contributed by atoms with van der Waals surface area (Å²) in [7, 11) is 0. The van der Waals surface area contributed by atoms with Crippen LogP contribution in [0.5, 0.6) is 0 Å². The minimum Gasteiger partial charge on any atom is -0.454 e. The first-order valence-electron chi connectivity index (χ1n) is 6.43. The number of rotatable bonds is 8. The third-order valence-corrected chi connectivity index (χ3v) is 2.76. The van der Waals surface area contributed by atoms with E-state index in [-0.39, 0.29) is 19.1 Å². The molecule has 0 radical (unpaired) electrons. The molecule has 21 heavy (non-hydrogen) atoms. The molecular formula is C15H18ClNO4. The molecular weight excluding hydrogens is 294 g/mol. The molecule has 6 heteroatoms. The zero-order chi connectivity index (χ0) is 15.7. The van der Waals surface area contributed by atoms with Crippen LogP contribution in [0.15, 0.2) is 36.9 Å². The quantitative estimate of drug-likeness (QED) is 0.590. The Morgan fingerprint density at radius 2 is 2.24 bits per heavy atom. The van der Waals surface area contributed by atoms with E-state index in [2.05, 4.69) is 11.9 Å². The van der Waals surface area contributed by atoms with Gasteiger partial charge in [-0.05, 0) is 24.6 Å². The minimum atomic E-state index is -0.733. The molecule has 0 aliphatic carbocycles. The smallest absolute Gasteiger partial charge is 0.335 e. The van der Waals surface area contributed by atoms with Crippen LogP contribution in [0.2, 0.25) is 5.02 Å². The molecule has 5 nitrogen and oxygen atoms in total. The lowest BCUT2D eigenvalue weighted by atomic mass is 10.2. The third kappa shape index (κ3) is 6.92. The highest BCUT2D eigenvalue weighted by Gasteiger charge is 2.15. The van der Waals surface area contributed by atoms with Gasteiger partial charge >= 0.3 is 5.97 Å². The van der Waals surface area contributed by atoms with Crippen molar-refractivity contribution in [3.05, 3.63) is 47.5 Å². The number of hydrogen-bond donors (Lipinski definition) is 1. The van der Waals surface area contributed by atoms with Gasteiger partial charge in [0, 0.05) is 11.6 Å². The van der Waals surface area contributed by atoms with Gasteiger partial charge in [-0.2, -0.15) is 0 Å². The van der Waals surface area contributed by atoms with Gasteiger partial charge in [0.2, 0.25) is 0 Å². The number of amides is 1. The highest BCUT2D eigenvalue weighted by atomic mass is 35.5. The third-order valence-electron chi connectivity index (χ3n) is 2.52. The number of carbonyl (C=O) groups is 2. The van der Waals surface area contributed by atoms with Crippen molar-refractivity contribution >= 4 is 23.5 Å². The summed E-state index contributed by atoms with van der Waals surface area (Å²) in [5.74, 6) is -0.978. The fourth-order valence-electron chi connectivity index (χ4n) is 1.43. The lowest BCUT2D eigenvalue weighted by Gasteiger charge is -2.11. The van der Waals surface area contributed by atoms with E-state index in [0.29, 0.717) is 11.6 Å². The molecule has 0 aliphatic heterocycles. The van der Waals surface area contributed by atoms with E-state index in [0.717, 1.165) is 5.56 Å². The fraction of sp³-hybridized carbons (Fsp3) is 0.333. The van der Waals surface area contributed by atoms with Crippen LogP contribution in [0.4, 0.5) is 0 Å². The molecule has 1 aromatic carbocycles. The SMILES string of the molecule is C=CCOC(C)C(=O)OCC(=O)NCc1cccc(Cl)c1. The van der Waals surface area contributed by atoms with Gasteiger partial charge in [0.1, 0.15) is 0 Å². The molecule has 0 aliphatic rings. The Labute approximate surface area is 128 Å². The molecule has 0 saturated carbocycles. The van der Waals surface area contributed by atoms with Crippen molar-refractivity contribution in [2.45, 2.75) is 19.6 Å². The van der Waals surface area contributed by atoms with E-state index in [9.17, 15) is 9.59 Å². The Kier molecular flexibility index (Phi) is 7.50. The van der Waals surface area contributed by atoms with Crippen molar-refractivity contribution in [2.24, 2.45) is 0 Å². The van der Waals surface area contributed by atoms with Crippen molar-refractivity contribution in [2.75, 3.05) is 13.2 Å². The number of benzene rings is 1. The van der Waals surface area contributed by atoms with Gasteiger partial charge in [0.25, 0.3) is 5.91 Å². The summed E-state index contributed by atoms with van der Waals surface area (Å²) < 4.78 is 9.93. The number of ether oxygens (including phenoxy) is 2. The second kappa shape index (κ2) is 9.15. The Morgan fingerprint density at radius 1 is 1.48 bits per heavy atom. The molecule has 1 N–H and O–H groups in total. The number of halogens is 1. The monoisotopic (exact) mass is 311 g/mol. The molecule has 1 unspecified atom stereocenters. The van der Waals surface area contributed by atoms with Gasteiger partial charge in [-0.3, -0.25) is 4.79 Å². The molecule has 0 fully saturated rings. The molecule has 114 valence electrons. The second-order valence-corrected chi connectivity index (χ2v) is 4.72. The van der Waals surface area contributed by atoms with E-state index in [1.807, 2.05) is 6.07 Å². The molecule has 1 amide bonds. The lowest BCUT2D eigenvalue weighted by molar-refractivity contribution is -0.158. The maximum absolute atomic E-state index is 11.6. The number of nitrogens with one attached hydrogen (secondary N) is 1. The van der Waals surface area contributed by atoms with Crippen LogP contribution in [0.1, 0.15) is 12.5 Å². The van der Waals surface area contributed by atoms with Crippen molar-refractivity contribution in [3.8, 4) is 0 Å². The minimum absolute atomic E-state index is 0.247. The first kappa shape index (κ1) is 17.2. The second-order valence-electron chi connectivity index (χ2n) is 4.28. The van der Waals surface area contributed by atoms with Crippen LogP contribution in [0.3, 0.4) is 0 Å². The molecule has 0 bridgehead atoms. The van der Waals surface area contributed by atoms with E-state index in [1.165, 1.54) is 6.08 Å². The first-order chi connectivity index (χ1) is 10.0. The van der Waals surface area contributed by atoms with Gasteiger partial charge in [-0.25, -0.2) is 4.79 Å². The van der Waals surface area contributed by atoms with Gasteiger partial charge < -0.3 is 14.8 Å². The highest BCUT2D eigenvalue weighted by Crippen LogP contribution is 2.10. The average Bonchev–Trinajstić information content (AvgIpc) is 2.48. The van der Waals surface area contributed by atoms with Crippen LogP contribution < -0.4 is 5.32 Å². The Bertz CT molecular complexity index is 504. The van der Waals surface area contributed by atoms with E-state index in [4.69, 9.17) is 21.1 Å². The van der Waals surface area contributed by atoms with E-state index in [1.54, 1.807) is 25.1 Å². The number of hydrogen-bond acceptors (Lipinski definition) is 4. The predicted molar refractivity (Wildman–Crippen MR) is 79.9 cm³/mol. The van der Waals surface area contributed by atoms with Gasteiger partial charge in [-0.1, -0.05) is 29.8 Å². The zero-order valence-corrected chi connectivity index (χ0v) is 12.6. The highest BCUT2D eigenvalue weighted by molar-refractivity contribution is 6.30. The maximum Gasteiger partial charge on any atom is 0.335 e. The Balaban J connectivity index is 2.27. The molecule has 1 atom stereocenters. The predicted octanol–water partition coefficient (Wildman–Crippen LogP) is 2.09. The number of carbonyl (C=O) groups excluding carboxylic acids is 2. The lowest BCUT2D eigenvalue weighted by Crippen LogP contribution is -2.31. The molecule has 0 saturated heterocycles. The summed E-state index contributed by atoms with van der Waals surface area (Å²) >= 11 is 5.84. The van der Waals surface area contributed by atoms with Crippen molar-refractivity contribution in [1.82, 2.24) is 5.32 Å². The van der Waals surface area contributed by atoms with Crippen LogP contribution in [-0.4, -0.2) is 31.2 Å². The van der Waals surface area contributed by atoms with E-state index >= 15 is 0 Å². The Morgan fingerprint density at radius 3 is 2.90 bits per heavy atom. The summed E-state index contributed by atoms with van der Waals surface area (Å²) in [6, 6.07) is 7.13. The molecule has 0 spiro atoms. The molecule has 0 heterocycles. The van der Waals surface area contributed by atoms with Crippen molar-refractivity contribution < 1.29 is 19.1 Å². The number of esters is 1. The standard InChI is InChI=1S/C15H18ClNO4/c1-3-7-20-11(2)15(19)21-10-14(18)17-9-12-5-4-6-13(16)8-12/h3-6,8,11H,1,7,9-10H2,2H3,(H,17,18). The van der Waals surface area contributed by atoms with Crippen LogP contribution in [0, 0.1) is 0 Å². The molecule has 1 rings (SSSR count). The van der Waals surface area contributed by atoms with Gasteiger partial charge in [0.15, 0.2) is 12.7 Å². The van der Waals surface area contributed by atoms with E-state index < -0.39 is 12.1 Å². The average molecular weight is 312 g/mol. The van der Waals surface area contributed by atoms with Crippen LogP contribution in [0.25, 0.3) is 0 Å². The van der Waals surface area contributed by atoms with Crippen LogP contribution >= 0.6 is 11.6 Å². The summed E-state index contributed by atoms with van der Waals surface area (Å²) in [5.41, 5.74) is 0.866. The molecule has 1 aromatic rings. The van der Waals surface area contributed by atoms with Crippen molar-refractivity contribution in [1.29, 1.82) is 0 Å². The van der Waals surface area contributed by atoms with Crippen molar-refractivity contribution in [3.63, 3.8) is 0 Å². The molecule has 0 aromatic heterocycles. The largest absolute Gasteiger partial charge is 0.454 e. The zero-order valence-electron chi connectivity index (χ0n) is 11.8. The van der Waals surface area contributed by atoms with Crippen LogP contribution in [-0.2, 0) is 25.6 Å². The first-order valence-corrected chi connectivity index (χ1v) is 6.81. The van der Waals surface area contributed by atoms with Gasteiger partial charge in [0.05, 0.1) is 6.61 Å². The topological polar surface area (TPSA) is 64.6 Å². The summed E-state index contributed by atoms with van der Waals surface area (Å²) in [5, 5.41) is 3.23. The summed E-state index contributed by atoms with van der Waals surface area (Å²) in [6.45, 7) is 5.25. The summed E-state index contributed by atoms with van der Waals surface area (Å²) in [4.78, 5) is 23.1. The van der Waals surface area contributed by atoms with Gasteiger partial charge in [-0.15, -0.1) is 6.58 Å². The normalized spacial score (nSPS) is 11.5. The summed E-state index contributed by atoms with van der Waals surface area (Å²) in [6.07, 6.45) is 0.797. The maximum atomic E-state index is 11.6. The Hall–Kier alpha value is -1.85. The fourth-order valence-corrected chi connectivity index (χ4v) is 1.65.